The van der Waals surface area contributed by atoms with Crippen LogP contribution in [-0.4, -0.2) is 40.9 Å². The summed E-state index contributed by atoms with van der Waals surface area (Å²) < 4.78 is 5.23. The number of carbonyl (C=O) groups excluding carboxylic acids is 1. The fraction of sp³-hybridized carbons (Fsp3) is 0.367. The summed E-state index contributed by atoms with van der Waals surface area (Å²) in [5.41, 5.74) is 13.8. The quantitative estimate of drug-likeness (QED) is 0.416. The highest BCUT2D eigenvalue weighted by molar-refractivity contribution is 5.95. The summed E-state index contributed by atoms with van der Waals surface area (Å²) in [5, 5.41) is 0. The van der Waals surface area contributed by atoms with E-state index < -0.39 is 0 Å². The fourth-order valence-electron chi connectivity index (χ4n) is 5.13. The molecule has 0 atom stereocenters. The molecular formula is C30H37N3O2. The highest BCUT2D eigenvalue weighted by Crippen LogP contribution is 2.34. The van der Waals surface area contributed by atoms with Crippen LogP contribution in [0.15, 0.2) is 77.1 Å². The second-order valence-electron chi connectivity index (χ2n) is 9.99. The summed E-state index contributed by atoms with van der Waals surface area (Å²) >= 11 is 0. The Morgan fingerprint density at radius 3 is 2.17 bits per heavy atom. The highest BCUT2D eigenvalue weighted by Gasteiger charge is 2.23. The minimum atomic E-state index is 0.0762. The molecule has 0 unspecified atom stereocenters. The number of benzene rings is 2. The van der Waals surface area contributed by atoms with E-state index in [0.717, 1.165) is 54.9 Å². The van der Waals surface area contributed by atoms with Crippen molar-refractivity contribution in [3.05, 3.63) is 95.0 Å². The number of nitrogens with two attached hydrogens (primary N) is 1. The van der Waals surface area contributed by atoms with Gasteiger partial charge in [0.25, 0.3) is 5.91 Å². The first kappa shape index (κ1) is 24.8. The fourth-order valence-corrected chi connectivity index (χ4v) is 5.13. The summed E-state index contributed by atoms with van der Waals surface area (Å²) in [7, 11) is 0. The molecule has 184 valence electrons. The van der Waals surface area contributed by atoms with Gasteiger partial charge in [-0.05, 0) is 87.6 Å². The summed E-state index contributed by atoms with van der Waals surface area (Å²) in [6, 6.07) is 18.6. The zero-order valence-electron chi connectivity index (χ0n) is 21.3. The Hall–Kier alpha value is -3.31. The monoisotopic (exact) mass is 471 g/mol. The van der Waals surface area contributed by atoms with Gasteiger partial charge in [0.1, 0.15) is 0 Å². The lowest BCUT2D eigenvalue weighted by atomic mass is 9.87. The van der Waals surface area contributed by atoms with E-state index in [1.54, 1.807) is 6.26 Å². The van der Waals surface area contributed by atoms with Crippen LogP contribution in [0.2, 0.25) is 0 Å². The normalized spacial score (nSPS) is 14.5. The molecule has 1 saturated heterocycles. The van der Waals surface area contributed by atoms with Gasteiger partial charge < -0.3 is 15.1 Å². The number of nitrogens with zero attached hydrogens (tertiary/aromatic N) is 2. The Morgan fingerprint density at radius 1 is 0.943 bits per heavy atom. The van der Waals surface area contributed by atoms with Crippen LogP contribution in [0.5, 0.6) is 0 Å². The molecule has 1 fully saturated rings. The summed E-state index contributed by atoms with van der Waals surface area (Å²) in [6.45, 7) is 11.2. The van der Waals surface area contributed by atoms with Crippen molar-refractivity contribution in [1.82, 2.24) is 9.80 Å². The number of nitrogen functional groups attached to an aromatic ring is 1. The smallest absolute Gasteiger partial charge is 0.254 e. The van der Waals surface area contributed by atoms with Gasteiger partial charge in [0.05, 0.1) is 12.5 Å². The average molecular weight is 472 g/mol. The van der Waals surface area contributed by atoms with E-state index in [1.807, 2.05) is 41.5 Å². The molecule has 1 aliphatic rings. The minimum Gasteiger partial charge on any atom is -0.472 e. The van der Waals surface area contributed by atoms with Gasteiger partial charge in [-0.1, -0.05) is 29.8 Å². The molecule has 1 aliphatic heterocycles. The average Bonchev–Trinajstić information content (AvgIpc) is 3.33. The molecule has 0 radical (unpaired) electrons. The molecule has 0 bridgehead atoms. The van der Waals surface area contributed by atoms with Crippen molar-refractivity contribution < 1.29 is 9.21 Å². The third-order valence-electron chi connectivity index (χ3n) is 6.74. The molecule has 5 heteroatoms. The predicted molar refractivity (Wildman–Crippen MR) is 143 cm³/mol. The number of furan rings is 1. The van der Waals surface area contributed by atoms with Crippen LogP contribution in [0.1, 0.15) is 67.6 Å². The van der Waals surface area contributed by atoms with Gasteiger partial charge in [-0.25, -0.2) is 0 Å². The second-order valence-corrected chi connectivity index (χ2v) is 9.99. The molecule has 2 heterocycles. The number of anilines is 1. The number of likely N-dealkylation sites (tertiary alicyclic amines) is 1. The van der Waals surface area contributed by atoms with E-state index >= 15 is 0 Å². The van der Waals surface area contributed by atoms with Crippen LogP contribution in [0, 0.1) is 0 Å². The number of hydrogen-bond acceptors (Lipinski definition) is 4. The Kier molecular flexibility index (Phi) is 7.76. The maximum atomic E-state index is 13.2. The van der Waals surface area contributed by atoms with Gasteiger partial charge in [-0.2, -0.15) is 0 Å². The van der Waals surface area contributed by atoms with Crippen molar-refractivity contribution in [2.24, 2.45) is 0 Å². The van der Waals surface area contributed by atoms with Gasteiger partial charge in [0.15, 0.2) is 0 Å². The van der Waals surface area contributed by atoms with Crippen molar-refractivity contribution in [2.75, 3.05) is 18.8 Å². The molecule has 3 aromatic rings. The zero-order valence-corrected chi connectivity index (χ0v) is 21.3. The topological polar surface area (TPSA) is 62.7 Å². The highest BCUT2D eigenvalue weighted by atomic mass is 16.3. The lowest BCUT2D eigenvalue weighted by Gasteiger charge is -2.31. The first-order valence-electron chi connectivity index (χ1n) is 12.6. The van der Waals surface area contributed by atoms with Crippen LogP contribution in [0.25, 0.3) is 5.57 Å². The van der Waals surface area contributed by atoms with E-state index in [9.17, 15) is 4.79 Å². The van der Waals surface area contributed by atoms with Crippen LogP contribution in [0.3, 0.4) is 0 Å². The zero-order chi connectivity index (χ0) is 24.9. The SMILES string of the molecule is CC(C)N(C(=O)c1ccc(C(=C2CCN(Cc3ccoc3)CC2)c2cccc(N)c2)cc1)C(C)C. The van der Waals surface area contributed by atoms with Gasteiger partial charge in [0, 0.05) is 48.5 Å². The second kappa shape index (κ2) is 11.0. The minimum absolute atomic E-state index is 0.0762. The Morgan fingerprint density at radius 2 is 1.60 bits per heavy atom. The molecule has 2 N–H and O–H groups in total. The predicted octanol–water partition coefficient (Wildman–Crippen LogP) is 6.22. The summed E-state index contributed by atoms with van der Waals surface area (Å²) in [6.07, 6.45) is 5.55. The number of piperidine rings is 1. The van der Waals surface area contributed by atoms with Gasteiger partial charge >= 0.3 is 0 Å². The number of amides is 1. The van der Waals surface area contributed by atoms with Gasteiger partial charge in [-0.3, -0.25) is 9.69 Å². The molecule has 1 amide bonds. The van der Waals surface area contributed by atoms with E-state index in [-0.39, 0.29) is 18.0 Å². The van der Waals surface area contributed by atoms with Crippen LogP contribution in [0.4, 0.5) is 5.69 Å². The van der Waals surface area contributed by atoms with E-state index in [4.69, 9.17) is 10.2 Å². The number of hydrogen-bond donors (Lipinski definition) is 1. The lowest BCUT2D eigenvalue weighted by Crippen LogP contribution is -2.42. The summed E-state index contributed by atoms with van der Waals surface area (Å²) in [4.78, 5) is 17.6. The maximum Gasteiger partial charge on any atom is 0.254 e. The Balaban J connectivity index is 1.62. The maximum absolute atomic E-state index is 13.2. The van der Waals surface area contributed by atoms with Crippen LogP contribution in [-0.2, 0) is 6.54 Å². The third kappa shape index (κ3) is 5.85. The van der Waals surface area contributed by atoms with Crippen molar-refractivity contribution >= 4 is 17.2 Å². The molecule has 4 rings (SSSR count). The van der Waals surface area contributed by atoms with E-state index in [2.05, 4.69) is 56.9 Å². The Bertz CT molecular complexity index is 1140. The first-order valence-corrected chi connectivity index (χ1v) is 12.6. The lowest BCUT2D eigenvalue weighted by molar-refractivity contribution is 0.0643. The number of carbonyl (C=O) groups is 1. The van der Waals surface area contributed by atoms with Crippen LogP contribution >= 0.6 is 0 Å². The largest absolute Gasteiger partial charge is 0.472 e. The van der Waals surface area contributed by atoms with Crippen molar-refractivity contribution in [3.63, 3.8) is 0 Å². The van der Waals surface area contributed by atoms with Gasteiger partial charge in [-0.15, -0.1) is 0 Å². The third-order valence-corrected chi connectivity index (χ3v) is 6.74. The Labute approximate surface area is 209 Å². The molecule has 0 saturated carbocycles. The molecule has 1 aromatic heterocycles. The molecule has 5 nitrogen and oxygen atoms in total. The molecule has 0 spiro atoms. The number of rotatable bonds is 7. The molecule has 0 aliphatic carbocycles. The first-order chi connectivity index (χ1) is 16.8. The molecular weight excluding hydrogens is 434 g/mol. The molecule has 35 heavy (non-hydrogen) atoms. The summed E-state index contributed by atoms with van der Waals surface area (Å²) in [5.74, 6) is 0.0762. The van der Waals surface area contributed by atoms with Crippen molar-refractivity contribution in [2.45, 2.75) is 59.2 Å². The van der Waals surface area contributed by atoms with Crippen LogP contribution < -0.4 is 5.73 Å². The van der Waals surface area contributed by atoms with Crippen molar-refractivity contribution in [3.8, 4) is 0 Å². The van der Waals surface area contributed by atoms with E-state index in [1.165, 1.54) is 16.7 Å². The standard InChI is InChI=1S/C30H37N3O2/c1-21(2)33(22(3)4)30(34)26-10-8-24(9-11-26)29(27-6-5-7-28(31)18-27)25-12-15-32(16-13-25)19-23-14-17-35-20-23/h5-11,14,17-18,20-22H,12-13,15-16,19,31H2,1-4H3. The van der Waals surface area contributed by atoms with Gasteiger partial charge in [0.2, 0.25) is 0 Å². The van der Waals surface area contributed by atoms with Crippen molar-refractivity contribution in [1.29, 1.82) is 0 Å². The van der Waals surface area contributed by atoms with E-state index in [0.29, 0.717) is 0 Å². The molecule has 2 aromatic carbocycles.